The van der Waals surface area contributed by atoms with E-state index in [4.69, 9.17) is 5.73 Å². The Balaban J connectivity index is 1.87. The predicted molar refractivity (Wildman–Crippen MR) is 69.8 cm³/mol. The Morgan fingerprint density at radius 3 is 2.65 bits per heavy atom. The molecule has 3 N–H and O–H groups in total. The molecule has 0 saturated carbocycles. The lowest BCUT2D eigenvalue weighted by molar-refractivity contribution is 0.150. The summed E-state index contributed by atoms with van der Waals surface area (Å²) in [4.78, 5) is 10.6. The summed E-state index contributed by atoms with van der Waals surface area (Å²) < 4.78 is 0. The molecule has 1 saturated heterocycles. The molecule has 1 aliphatic rings. The molecule has 2 rings (SSSR count). The highest BCUT2D eigenvalue weighted by molar-refractivity contribution is 5.36. The van der Waals surface area contributed by atoms with Gasteiger partial charge in [0.1, 0.15) is 11.6 Å². The van der Waals surface area contributed by atoms with Gasteiger partial charge in [0.25, 0.3) is 0 Å². The van der Waals surface area contributed by atoms with Crippen LogP contribution in [0.2, 0.25) is 0 Å². The Labute approximate surface area is 102 Å². The summed E-state index contributed by atoms with van der Waals surface area (Å²) in [6.45, 7) is 5.62. The molecule has 5 heteroatoms. The molecule has 17 heavy (non-hydrogen) atoms. The van der Waals surface area contributed by atoms with Crippen LogP contribution in [0.25, 0.3) is 0 Å². The summed E-state index contributed by atoms with van der Waals surface area (Å²) in [6, 6.07) is 0. The number of rotatable bonds is 3. The molecule has 1 fully saturated rings. The van der Waals surface area contributed by atoms with Crippen LogP contribution in [-0.2, 0) is 0 Å². The summed E-state index contributed by atoms with van der Waals surface area (Å²) in [5.41, 5.74) is 5.86. The lowest BCUT2D eigenvalue weighted by atomic mass is 9.80. The monoisotopic (exact) mass is 235 g/mol. The zero-order valence-corrected chi connectivity index (χ0v) is 10.6. The quantitative estimate of drug-likeness (QED) is 0.824. The van der Waals surface area contributed by atoms with Crippen LogP contribution in [0.1, 0.15) is 19.8 Å². The van der Waals surface area contributed by atoms with Crippen molar-refractivity contribution in [2.75, 3.05) is 37.7 Å². The maximum atomic E-state index is 5.50. The van der Waals surface area contributed by atoms with E-state index >= 15 is 0 Å². The molecule has 0 aliphatic carbocycles. The molecule has 0 radical (unpaired) electrons. The topological polar surface area (TPSA) is 67.1 Å². The Bertz CT molecular complexity index is 354. The van der Waals surface area contributed by atoms with Crippen LogP contribution in [0, 0.1) is 5.41 Å². The summed E-state index contributed by atoms with van der Waals surface area (Å²) in [6.07, 6.45) is 5.71. The minimum atomic E-state index is 0.357. The molecule has 1 aromatic rings. The van der Waals surface area contributed by atoms with E-state index in [1.807, 2.05) is 0 Å². The Kier molecular flexibility index (Phi) is 3.47. The lowest BCUT2D eigenvalue weighted by Gasteiger charge is -2.38. The molecular weight excluding hydrogens is 214 g/mol. The number of aromatic nitrogens is 2. The SMILES string of the molecule is CN1CCC(C)(CNc2cnc(N)cn2)CC1. The van der Waals surface area contributed by atoms with Crippen molar-refractivity contribution in [3.63, 3.8) is 0 Å². The standard InChI is InChI=1S/C12H21N5/c1-12(3-5-17(2)6-4-12)9-16-11-8-14-10(13)7-15-11/h7-8H,3-6,9H2,1-2H3,(H2,13,14)(H,15,16). The van der Waals surface area contributed by atoms with Gasteiger partial charge in [-0.1, -0.05) is 6.92 Å². The smallest absolute Gasteiger partial charge is 0.144 e. The molecule has 0 atom stereocenters. The second-order valence-corrected chi connectivity index (χ2v) is 5.29. The fourth-order valence-electron chi connectivity index (χ4n) is 2.07. The highest BCUT2D eigenvalue weighted by Gasteiger charge is 2.28. The van der Waals surface area contributed by atoms with Gasteiger partial charge in [0, 0.05) is 6.54 Å². The van der Waals surface area contributed by atoms with E-state index in [2.05, 4.69) is 34.2 Å². The minimum Gasteiger partial charge on any atom is -0.382 e. The van der Waals surface area contributed by atoms with Crippen LogP contribution in [0.3, 0.4) is 0 Å². The summed E-state index contributed by atoms with van der Waals surface area (Å²) in [5, 5.41) is 3.35. The summed E-state index contributed by atoms with van der Waals surface area (Å²) in [5.74, 6) is 1.26. The van der Waals surface area contributed by atoms with E-state index in [-0.39, 0.29) is 0 Å². The van der Waals surface area contributed by atoms with Crippen molar-refractivity contribution < 1.29 is 0 Å². The van der Waals surface area contributed by atoms with Crippen LogP contribution in [0.4, 0.5) is 11.6 Å². The zero-order valence-electron chi connectivity index (χ0n) is 10.6. The van der Waals surface area contributed by atoms with Gasteiger partial charge in [-0.05, 0) is 38.4 Å². The summed E-state index contributed by atoms with van der Waals surface area (Å²) >= 11 is 0. The van der Waals surface area contributed by atoms with Crippen molar-refractivity contribution in [1.29, 1.82) is 0 Å². The van der Waals surface area contributed by atoms with Crippen molar-refractivity contribution in [3.05, 3.63) is 12.4 Å². The molecule has 0 unspecified atom stereocenters. The number of hydrogen-bond donors (Lipinski definition) is 2. The largest absolute Gasteiger partial charge is 0.382 e. The van der Waals surface area contributed by atoms with E-state index < -0.39 is 0 Å². The first-order valence-electron chi connectivity index (χ1n) is 6.07. The van der Waals surface area contributed by atoms with Crippen LogP contribution < -0.4 is 11.1 Å². The molecule has 0 spiro atoms. The van der Waals surface area contributed by atoms with Gasteiger partial charge in [-0.2, -0.15) is 0 Å². The highest BCUT2D eigenvalue weighted by Crippen LogP contribution is 2.30. The molecular formula is C12H21N5. The summed E-state index contributed by atoms with van der Waals surface area (Å²) in [7, 11) is 2.18. The number of anilines is 2. The first-order chi connectivity index (χ1) is 8.07. The van der Waals surface area contributed by atoms with Gasteiger partial charge in [-0.3, -0.25) is 0 Å². The van der Waals surface area contributed by atoms with Gasteiger partial charge < -0.3 is 16.0 Å². The zero-order chi connectivity index (χ0) is 12.3. The van der Waals surface area contributed by atoms with E-state index in [0.717, 1.165) is 12.4 Å². The third kappa shape index (κ3) is 3.30. The Morgan fingerprint density at radius 1 is 1.35 bits per heavy atom. The molecule has 5 nitrogen and oxygen atoms in total. The van der Waals surface area contributed by atoms with Gasteiger partial charge in [-0.25, -0.2) is 9.97 Å². The first-order valence-corrected chi connectivity index (χ1v) is 6.07. The normalized spacial score (nSPS) is 20.1. The average molecular weight is 235 g/mol. The highest BCUT2D eigenvalue weighted by atomic mass is 15.1. The number of nitrogens with two attached hydrogens (primary N) is 1. The Morgan fingerprint density at radius 2 is 2.06 bits per heavy atom. The second-order valence-electron chi connectivity index (χ2n) is 5.29. The fourth-order valence-corrected chi connectivity index (χ4v) is 2.07. The van der Waals surface area contributed by atoms with Crippen molar-refractivity contribution in [2.24, 2.45) is 5.41 Å². The molecule has 1 aromatic heterocycles. The molecule has 94 valence electrons. The molecule has 2 heterocycles. The van der Waals surface area contributed by atoms with Crippen LogP contribution >= 0.6 is 0 Å². The predicted octanol–water partition coefficient (Wildman–Crippen LogP) is 1.20. The van der Waals surface area contributed by atoms with Gasteiger partial charge in [0.05, 0.1) is 12.4 Å². The van der Waals surface area contributed by atoms with Crippen LogP contribution in [0.5, 0.6) is 0 Å². The van der Waals surface area contributed by atoms with Crippen molar-refractivity contribution in [2.45, 2.75) is 19.8 Å². The van der Waals surface area contributed by atoms with Gasteiger partial charge in [-0.15, -0.1) is 0 Å². The van der Waals surface area contributed by atoms with Gasteiger partial charge in [0.2, 0.25) is 0 Å². The second kappa shape index (κ2) is 4.87. The fraction of sp³-hybridized carbons (Fsp3) is 0.667. The van der Waals surface area contributed by atoms with Crippen molar-refractivity contribution in [1.82, 2.24) is 14.9 Å². The van der Waals surface area contributed by atoms with E-state index in [9.17, 15) is 0 Å². The van der Waals surface area contributed by atoms with Gasteiger partial charge in [0.15, 0.2) is 0 Å². The maximum Gasteiger partial charge on any atom is 0.144 e. The number of nitrogen functional groups attached to an aromatic ring is 1. The van der Waals surface area contributed by atoms with E-state index in [0.29, 0.717) is 11.2 Å². The minimum absolute atomic E-state index is 0.357. The van der Waals surface area contributed by atoms with E-state index in [1.54, 1.807) is 12.4 Å². The van der Waals surface area contributed by atoms with Crippen LogP contribution in [-0.4, -0.2) is 41.5 Å². The number of likely N-dealkylation sites (tertiary alicyclic amines) is 1. The Hall–Kier alpha value is -1.36. The average Bonchev–Trinajstić information content (AvgIpc) is 2.33. The number of nitrogens with one attached hydrogen (secondary N) is 1. The molecule has 0 aromatic carbocycles. The third-order valence-electron chi connectivity index (χ3n) is 3.56. The van der Waals surface area contributed by atoms with E-state index in [1.165, 1.54) is 25.9 Å². The maximum absolute atomic E-state index is 5.50. The molecule has 0 bridgehead atoms. The number of nitrogens with zero attached hydrogens (tertiary/aromatic N) is 3. The molecule has 0 amide bonds. The van der Waals surface area contributed by atoms with Crippen molar-refractivity contribution >= 4 is 11.6 Å². The van der Waals surface area contributed by atoms with Gasteiger partial charge >= 0.3 is 0 Å². The van der Waals surface area contributed by atoms with Crippen molar-refractivity contribution in [3.8, 4) is 0 Å². The molecule has 1 aliphatic heterocycles. The first kappa shape index (κ1) is 12.1. The third-order valence-corrected chi connectivity index (χ3v) is 3.56. The lowest BCUT2D eigenvalue weighted by Crippen LogP contribution is -2.40. The van der Waals surface area contributed by atoms with Crippen LogP contribution in [0.15, 0.2) is 12.4 Å². The number of hydrogen-bond acceptors (Lipinski definition) is 5. The number of piperidine rings is 1.